The summed E-state index contributed by atoms with van der Waals surface area (Å²) >= 11 is 0. The zero-order valence-electron chi connectivity index (χ0n) is 8.08. The van der Waals surface area contributed by atoms with Crippen LogP contribution in [-0.4, -0.2) is 25.7 Å². The minimum absolute atomic E-state index is 0.369. The van der Waals surface area contributed by atoms with Crippen molar-refractivity contribution < 1.29 is 15.0 Å². The van der Waals surface area contributed by atoms with Crippen LogP contribution in [0.3, 0.4) is 0 Å². The maximum absolute atomic E-state index is 10.7. The van der Waals surface area contributed by atoms with E-state index in [-0.39, 0.29) is 0 Å². The van der Waals surface area contributed by atoms with Gasteiger partial charge in [-0.1, -0.05) is 0 Å². The highest BCUT2D eigenvalue weighted by Crippen LogP contribution is 2.24. The minimum Gasteiger partial charge on any atom is -0.479 e. The van der Waals surface area contributed by atoms with Gasteiger partial charge in [-0.05, 0) is 12.1 Å². The smallest absolute Gasteiger partial charge is 0.337 e. The molecule has 2 heterocycles. The molecule has 0 bridgehead atoms. The van der Waals surface area contributed by atoms with Crippen molar-refractivity contribution in [2.75, 3.05) is 0 Å². The summed E-state index contributed by atoms with van der Waals surface area (Å²) in [6, 6.07) is 3.45. The number of hydrogen-bond acceptors (Lipinski definition) is 3. The van der Waals surface area contributed by atoms with Gasteiger partial charge in [0.05, 0.1) is 0 Å². The third-order valence-electron chi connectivity index (χ3n) is 2.29. The van der Waals surface area contributed by atoms with Gasteiger partial charge >= 0.3 is 5.97 Å². The molecule has 1 atom stereocenters. The van der Waals surface area contributed by atoms with E-state index in [1.54, 1.807) is 36.1 Å². The SMILES string of the molecule is Cn1cc(C(O)C(=O)O)c2cccnc21. The predicted octanol–water partition coefficient (Wildman–Crippen LogP) is 0.691. The fraction of sp³-hybridized carbons (Fsp3) is 0.200. The number of pyridine rings is 1. The Morgan fingerprint density at radius 3 is 3.00 bits per heavy atom. The van der Waals surface area contributed by atoms with Crippen LogP contribution in [0.15, 0.2) is 24.5 Å². The third kappa shape index (κ3) is 1.46. The Bertz CT molecular complexity index is 518. The molecule has 0 aliphatic carbocycles. The van der Waals surface area contributed by atoms with E-state index in [1.807, 2.05) is 0 Å². The average molecular weight is 206 g/mol. The first-order valence-corrected chi connectivity index (χ1v) is 4.42. The number of aliphatic carboxylic acids is 1. The van der Waals surface area contributed by atoms with Gasteiger partial charge in [0.1, 0.15) is 5.65 Å². The first-order chi connectivity index (χ1) is 7.11. The Kier molecular flexibility index (Phi) is 2.17. The molecule has 5 heteroatoms. The molecule has 2 aromatic rings. The molecule has 5 nitrogen and oxygen atoms in total. The van der Waals surface area contributed by atoms with Crippen molar-refractivity contribution in [3.63, 3.8) is 0 Å². The molecule has 1 unspecified atom stereocenters. The lowest BCUT2D eigenvalue weighted by molar-refractivity contribution is -0.146. The van der Waals surface area contributed by atoms with Crippen LogP contribution in [0.25, 0.3) is 11.0 Å². The minimum atomic E-state index is -1.50. The molecule has 2 rings (SSSR count). The Morgan fingerprint density at radius 1 is 1.60 bits per heavy atom. The molecule has 2 aromatic heterocycles. The summed E-state index contributed by atoms with van der Waals surface area (Å²) in [7, 11) is 1.76. The van der Waals surface area contributed by atoms with Gasteiger partial charge in [-0.25, -0.2) is 9.78 Å². The van der Waals surface area contributed by atoms with E-state index in [9.17, 15) is 9.90 Å². The molecule has 0 aliphatic rings. The fourth-order valence-electron chi connectivity index (χ4n) is 1.59. The van der Waals surface area contributed by atoms with Gasteiger partial charge in [0, 0.05) is 30.4 Å². The molecule has 0 saturated carbocycles. The van der Waals surface area contributed by atoms with E-state index in [0.29, 0.717) is 16.6 Å². The Labute approximate surface area is 85.6 Å². The summed E-state index contributed by atoms with van der Waals surface area (Å²) in [6.07, 6.45) is 1.70. The summed E-state index contributed by atoms with van der Waals surface area (Å²) < 4.78 is 1.69. The number of fused-ring (bicyclic) bond motifs is 1. The van der Waals surface area contributed by atoms with E-state index >= 15 is 0 Å². The van der Waals surface area contributed by atoms with Crippen molar-refractivity contribution in [2.45, 2.75) is 6.10 Å². The number of carboxylic acid groups (broad SMARTS) is 1. The molecule has 0 aliphatic heterocycles. The highest BCUT2D eigenvalue weighted by Gasteiger charge is 2.20. The van der Waals surface area contributed by atoms with Gasteiger partial charge in [-0.2, -0.15) is 0 Å². The normalized spacial score (nSPS) is 12.9. The highest BCUT2D eigenvalue weighted by atomic mass is 16.4. The number of carboxylic acids is 1. The van der Waals surface area contributed by atoms with Crippen LogP contribution < -0.4 is 0 Å². The first-order valence-electron chi connectivity index (χ1n) is 4.42. The van der Waals surface area contributed by atoms with Crippen molar-refractivity contribution in [3.05, 3.63) is 30.1 Å². The van der Waals surface area contributed by atoms with Crippen LogP contribution in [0.4, 0.5) is 0 Å². The van der Waals surface area contributed by atoms with Gasteiger partial charge in [0.25, 0.3) is 0 Å². The zero-order valence-corrected chi connectivity index (χ0v) is 8.08. The average Bonchev–Trinajstić information content (AvgIpc) is 2.56. The molecule has 2 N–H and O–H groups in total. The third-order valence-corrected chi connectivity index (χ3v) is 2.29. The molecule has 0 amide bonds. The largest absolute Gasteiger partial charge is 0.479 e. The number of aliphatic hydroxyl groups excluding tert-OH is 1. The van der Waals surface area contributed by atoms with Crippen molar-refractivity contribution in [1.82, 2.24) is 9.55 Å². The molecule has 15 heavy (non-hydrogen) atoms. The fourth-order valence-corrected chi connectivity index (χ4v) is 1.59. The van der Waals surface area contributed by atoms with E-state index in [2.05, 4.69) is 4.98 Å². The second kappa shape index (κ2) is 3.36. The van der Waals surface area contributed by atoms with Gasteiger partial charge in [0.15, 0.2) is 6.10 Å². The zero-order chi connectivity index (χ0) is 11.0. The highest BCUT2D eigenvalue weighted by molar-refractivity contribution is 5.86. The second-order valence-electron chi connectivity index (χ2n) is 3.31. The maximum Gasteiger partial charge on any atom is 0.337 e. The van der Waals surface area contributed by atoms with Gasteiger partial charge in [-0.15, -0.1) is 0 Å². The summed E-state index contributed by atoms with van der Waals surface area (Å²) in [5.41, 5.74) is 1.03. The molecule has 78 valence electrons. The lowest BCUT2D eigenvalue weighted by Gasteiger charge is -2.02. The van der Waals surface area contributed by atoms with E-state index in [0.717, 1.165) is 0 Å². The van der Waals surface area contributed by atoms with Crippen molar-refractivity contribution in [1.29, 1.82) is 0 Å². The predicted molar refractivity (Wildman–Crippen MR) is 53.3 cm³/mol. The second-order valence-corrected chi connectivity index (χ2v) is 3.31. The number of aryl methyl sites for hydroxylation is 1. The summed E-state index contributed by atoms with van der Waals surface area (Å²) in [5.74, 6) is -1.26. The first kappa shape index (κ1) is 9.67. The maximum atomic E-state index is 10.7. The van der Waals surface area contributed by atoms with Crippen LogP contribution >= 0.6 is 0 Å². The van der Waals surface area contributed by atoms with Gasteiger partial charge in [0.2, 0.25) is 0 Å². The number of aromatic nitrogens is 2. The molecule has 0 fully saturated rings. The van der Waals surface area contributed by atoms with Gasteiger partial charge < -0.3 is 14.8 Å². The van der Waals surface area contributed by atoms with Crippen LogP contribution in [0.5, 0.6) is 0 Å². The number of aliphatic hydroxyl groups is 1. The van der Waals surface area contributed by atoms with E-state index in [1.165, 1.54) is 0 Å². The topological polar surface area (TPSA) is 75.4 Å². The number of carbonyl (C=O) groups is 1. The summed E-state index contributed by atoms with van der Waals surface area (Å²) in [5, 5.41) is 18.9. The molecular formula is C10H10N2O3. The summed E-state index contributed by atoms with van der Waals surface area (Å²) in [6.45, 7) is 0. The number of rotatable bonds is 2. The van der Waals surface area contributed by atoms with Crippen LogP contribution in [0.2, 0.25) is 0 Å². The molecular weight excluding hydrogens is 196 g/mol. The quantitative estimate of drug-likeness (QED) is 0.758. The Morgan fingerprint density at radius 2 is 2.33 bits per heavy atom. The Hall–Kier alpha value is -1.88. The van der Waals surface area contributed by atoms with Crippen LogP contribution in [-0.2, 0) is 11.8 Å². The van der Waals surface area contributed by atoms with Crippen molar-refractivity contribution in [2.24, 2.45) is 7.05 Å². The van der Waals surface area contributed by atoms with Crippen LogP contribution in [0.1, 0.15) is 11.7 Å². The van der Waals surface area contributed by atoms with Crippen molar-refractivity contribution in [3.8, 4) is 0 Å². The molecule has 0 radical (unpaired) electrons. The lowest BCUT2D eigenvalue weighted by Crippen LogP contribution is -2.09. The molecule has 0 spiro atoms. The summed E-state index contributed by atoms with van der Waals surface area (Å²) in [4.78, 5) is 14.8. The molecule has 0 saturated heterocycles. The number of hydrogen-bond donors (Lipinski definition) is 2. The van der Waals surface area contributed by atoms with Crippen molar-refractivity contribution >= 4 is 17.0 Å². The van der Waals surface area contributed by atoms with Crippen LogP contribution in [0, 0.1) is 0 Å². The monoisotopic (exact) mass is 206 g/mol. The Balaban J connectivity index is 2.67. The van der Waals surface area contributed by atoms with E-state index < -0.39 is 12.1 Å². The van der Waals surface area contributed by atoms with E-state index in [4.69, 9.17) is 5.11 Å². The standard InChI is InChI=1S/C10H10N2O3/c1-12-5-7(8(13)10(14)15)6-3-2-4-11-9(6)12/h2-5,8,13H,1H3,(H,14,15). The molecule has 0 aromatic carbocycles. The van der Waals surface area contributed by atoms with Gasteiger partial charge in [-0.3, -0.25) is 0 Å². The number of nitrogens with zero attached hydrogens (tertiary/aromatic N) is 2. The lowest BCUT2D eigenvalue weighted by atomic mass is 10.1.